The minimum absolute atomic E-state index is 0.131. The van der Waals surface area contributed by atoms with E-state index < -0.39 is 5.82 Å². The van der Waals surface area contributed by atoms with Crippen molar-refractivity contribution >= 4 is 5.97 Å². The Labute approximate surface area is 106 Å². The van der Waals surface area contributed by atoms with Gasteiger partial charge in [0.05, 0.1) is 24.8 Å². The summed E-state index contributed by atoms with van der Waals surface area (Å²) < 4.78 is 18.0. The van der Waals surface area contributed by atoms with E-state index in [2.05, 4.69) is 0 Å². The van der Waals surface area contributed by atoms with Crippen molar-refractivity contribution in [2.24, 2.45) is 0 Å². The molecule has 0 aliphatic carbocycles. The lowest BCUT2D eigenvalue weighted by Gasteiger charge is -2.15. The Morgan fingerprint density at radius 1 is 1.50 bits per heavy atom. The van der Waals surface area contributed by atoms with Crippen LogP contribution in [0.25, 0.3) is 0 Å². The van der Waals surface area contributed by atoms with E-state index in [0.717, 1.165) is 0 Å². The Hall–Kier alpha value is -1.93. The first kappa shape index (κ1) is 14.1. The fourth-order valence-electron chi connectivity index (χ4n) is 1.60. The van der Waals surface area contributed by atoms with Gasteiger partial charge in [-0.1, -0.05) is 0 Å². The van der Waals surface area contributed by atoms with Crippen LogP contribution in [0.3, 0.4) is 0 Å². The zero-order chi connectivity index (χ0) is 13.5. The molecule has 1 aromatic carbocycles. The van der Waals surface area contributed by atoms with Gasteiger partial charge in [-0.25, -0.2) is 4.39 Å². The molecule has 0 heterocycles. The number of esters is 1. The summed E-state index contributed by atoms with van der Waals surface area (Å²) >= 11 is 0. The van der Waals surface area contributed by atoms with Gasteiger partial charge in [0.25, 0.3) is 0 Å². The van der Waals surface area contributed by atoms with Crippen LogP contribution < -0.4 is 0 Å². The predicted octanol–water partition coefficient (Wildman–Crippen LogP) is 1.69. The Kier molecular flexibility index (Phi) is 5.28. The molecule has 0 atom stereocenters. The van der Waals surface area contributed by atoms with Crippen LogP contribution in [0.1, 0.15) is 18.1 Å². The van der Waals surface area contributed by atoms with Crippen LogP contribution >= 0.6 is 0 Å². The van der Waals surface area contributed by atoms with E-state index in [9.17, 15) is 9.18 Å². The maximum Gasteiger partial charge on any atom is 0.320 e. The van der Waals surface area contributed by atoms with E-state index in [1.807, 2.05) is 6.07 Å². The molecule has 0 spiro atoms. The van der Waals surface area contributed by atoms with E-state index >= 15 is 0 Å². The summed E-state index contributed by atoms with van der Waals surface area (Å²) in [4.78, 5) is 12.9. The number of carbonyl (C=O) groups is 1. The lowest BCUT2D eigenvalue weighted by atomic mass is 10.1. The van der Waals surface area contributed by atoms with Crippen LogP contribution in [0.2, 0.25) is 0 Å². The lowest BCUT2D eigenvalue weighted by Crippen LogP contribution is -2.27. The van der Waals surface area contributed by atoms with Gasteiger partial charge in [0.2, 0.25) is 0 Å². The number of rotatable bonds is 5. The number of carbonyl (C=O) groups excluding carboxylic acids is 1. The van der Waals surface area contributed by atoms with Gasteiger partial charge in [0.15, 0.2) is 0 Å². The van der Waals surface area contributed by atoms with Crippen LogP contribution in [-0.2, 0) is 16.1 Å². The zero-order valence-corrected chi connectivity index (χ0v) is 10.4. The number of halogens is 1. The normalized spacial score (nSPS) is 10.2. The molecule has 1 aromatic rings. The molecule has 0 N–H and O–H groups in total. The number of nitriles is 1. The molecule has 0 fully saturated rings. The van der Waals surface area contributed by atoms with Crippen LogP contribution in [-0.4, -0.2) is 31.1 Å². The van der Waals surface area contributed by atoms with E-state index in [0.29, 0.717) is 18.7 Å². The highest BCUT2D eigenvalue weighted by Crippen LogP contribution is 2.10. The molecule has 0 amide bonds. The SMILES string of the molecule is CCOC(=O)CN(C)Cc1cc(F)cc(C#N)c1. The second-order valence-corrected chi connectivity index (χ2v) is 3.94. The largest absolute Gasteiger partial charge is 0.465 e. The highest BCUT2D eigenvalue weighted by Gasteiger charge is 2.09. The third-order valence-corrected chi connectivity index (χ3v) is 2.24. The van der Waals surface area contributed by atoms with Crippen LogP contribution in [0.15, 0.2) is 18.2 Å². The Bertz CT molecular complexity index is 469. The maximum atomic E-state index is 13.2. The molecule has 0 bridgehead atoms. The summed E-state index contributed by atoms with van der Waals surface area (Å²) in [7, 11) is 1.73. The fraction of sp³-hybridized carbons (Fsp3) is 0.385. The van der Waals surface area contributed by atoms with Crippen LogP contribution in [0.4, 0.5) is 4.39 Å². The fourth-order valence-corrected chi connectivity index (χ4v) is 1.60. The third-order valence-electron chi connectivity index (χ3n) is 2.24. The Morgan fingerprint density at radius 3 is 2.83 bits per heavy atom. The van der Waals surface area contributed by atoms with E-state index in [1.165, 1.54) is 12.1 Å². The third kappa shape index (κ3) is 4.52. The average molecular weight is 250 g/mol. The predicted molar refractivity (Wildman–Crippen MR) is 64.1 cm³/mol. The molecule has 1 rings (SSSR count). The molecule has 0 saturated carbocycles. The molecule has 0 aromatic heterocycles. The number of hydrogen-bond donors (Lipinski definition) is 0. The van der Waals surface area contributed by atoms with Crippen LogP contribution in [0.5, 0.6) is 0 Å². The standard InChI is InChI=1S/C13H15FN2O2/c1-3-18-13(17)9-16(2)8-11-4-10(7-15)5-12(14)6-11/h4-6H,3,8-9H2,1-2H3. The molecule has 0 aliphatic rings. The second kappa shape index (κ2) is 6.72. The molecule has 0 aliphatic heterocycles. The van der Waals surface area contributed by atoms with Crippen molar-refractivity contribution in [2.45, 2.75) is 13.5 Å². The molecular weight excluding hydrogens is 235 g/mol. The molecular formula is C13H15FN2O2. The Morgan fingerprint density at radius 2 is 2.22 bits per heavy atom. The lowest BCUT2D eigenvalue weighted by molar-refractivity contribution is -0.144. The van der Waals surface area contributed by atoms with Crippen molar-refractivity contribution in [3.05, 3.63) is 35.1 Å². The van der Waals surface area contributed by atoms with E-state index in [-0.39, 0.29) is 18.1 Å². The molecule has 4 nitrogen and oxygen atoms in total. The van der Waals surface area contributed by atoms with Gasteiger partial charge >= 0.3 is 5.97 Å². The van der Waals surface area contributed by atoms with Gasteiger partial charge < -0.3 is 4.74 Å². The summed E-state index contributed by atoms with van der Waals surface area (Å²) in [6.07, 6.45) is 0. The first-order valence-electron chi connectivity index (χ1n) is 5.59. The van der Waals surface area contributed by atoms with Crippen molar-refractivity contribution in [2.75, 3.05) is 20.2 Å². The number of nitrogens with zero attached hydrogens (tertiary/aromatic N) is 2. The molecule has 0 radical (unpaired) electrons. The van der Waals surface area contributed by atoms with Crippen molar-refractivity contribution in [3.63, 3.8) is 0 Å². The first-order chi connectivity index (χ1) is 8.55. The number of benzene rings is 1. The summed E-state index contributed by atoms with van der Waals surface area (Å²) in [6, 6.07) is 6.02. The van der Waals surface area contributed by atoms with Gasteiger partial charge in [0.1, 0.15) is 5.82 Å². The Balaban J connectivity index is 2.64. The van der Waals surface area contributed by atoms with Crippen LogP contribution in [0, 0.1) is 17.1 Å². The van der Waals surface area contributed by atoms with E-state index in [4.69, 9.17) is 10.00 Å². The molecule has 0 unspecified atom stereocenters. The highest BCUT2D eigenvalue weighted by atomic mass is 19.1. The number of ether oxygens (including phenoxy) is 1. The monoisotopic (exact) mass is 250 g/mol. The van der Waals surface area contributed by atoms with Gasteiger partial charge in [-0.3, -0.25) is 9.69 Å². The molecule has 5 heteroatoms. The molecule has 18 heavy (non-hydrogen) atoms. The summed E-state index contributed by atoms with van der Waals surface area (Å²) in [5.41, 5.74) is 0.924. The zero-order valence-electron chi connectivity index (χ0n) is 10.4. The molecule has 0 saturated heterocycles. The number of hydrogen-bond acceptors (Lipinski definition) is 4. The topological polar surface area (TPSA) is 53.3 Å². The number of likely N-dealkylation sites (N-methyl/N-ethyl adjacent to an activating group) is 1. The minimum atomic E-state index is -0.450. The maximum absolute atomic E-state index is 13.2. The summed E-state index contributed by atoms with van der Waals surface area (Å²) in [5, 5.41) is 8.73. The van der Waals surface area contributed by atoms with Crippen molar-refractivity contribution < 1.29 is 13.9 Å². The quantitative estimate of drug-likeness (QED) is 0.746. The minimum Gasteiger partial charge on any atom is -0.465 e. The van der Waals surface area contributed by atoms with Gasteiger partial charge in [0, 0.05) is 6.54 Å². The average Bonchev–Trinajstić information content (AvgIpc) is 2.27. The van der Waals surface area contributed by atoms with Gasteiger partial charge in [-0.05, 0) is 37.7 Å². The van der Waals surface area contributed by atoms with Crippen molar-refractivity contribution in [1.82, 2.24) is 4.90 Å². The van der Waals surface area contributed by atoms with E-state index in [1.54, 1.807) is 24.9 Å². The summed E-state index contributed by atoms with van der Waals surface area (Å²) in [6.45, 7) is 2.59. The van der Waals surface area contributed by atoms with Crippen molar-refractivity contribution in [1.29, 1.82) is 5.26 Å². The van der Waals surface area contributed by atoms with Gasteiger partial charge in [-0.2, -0.15) is 5.26 Å². The highest BCUT2D eigenvalue weighted by molar-refractivity contribution is 5.71. The van der Waals surface area contributed by atoms with Crippen molar-refractivity contribution in [3.8, 4) is 6.07 Å². The smallest absolute Gasteiger partial charge is 0.320 e. The summed E-state index contributed by atoms with van der Waals surface area (Å²) in [5.74, 6) is -0.773. The molecule has 96 valence electrons. The second-order valence-electron chi connectivity index (χ2n) is 3.94. The van der Waals surface area contributed by atoms with Gasteiger partial charge in [-0.15, -0.1) is 0 Å². The first-order valence-corrected chi connectivity index (χ1v) is 5.59.